The highest BCUT2D eigenvalue weighted by atomic mass is 16.5. The van der Waals surface area contributed by atoms with Crippen LogP contribution in [0.25, 0.3) is 0 Å². The van der Waals surface area contributed by atoms with E-state index in [0.29, 0.717) is 6.04 Å². The van der Waals surface area contributed by atoms with E-state index in [9.17, 15) is 0 Å². The van der Waals surface area contributed by atoms with E-state index in [1.54, 1.807) is 0 Å². The quantitative estimate of drug-likeness (QED) is 0.872. The first-order chi connectivity index (χ1) is 10.9. The molecule has 0 unspecified atom stereocenters. The summed E-state index contributed by atoms with van der Waals surface area (Å²) < 4.78 is 7.81. The minimum absolute atomic E-state index is 0.450. The van der Waals surface area contributed by atoms with Gasteiger partial charge >= 0.3 is 0 Å². The molecule has 0 N–H and O–H groups in total. The minimum atomic E-state index is 0.450. The summed E-state index contributed by atoms with van der Waals surface area (Å²) >= 11 is 0. The van der Waals surface area contributed by atoms with E-state index in [4.69, 9.17) is 4.74 Å². The number of imidazole rings is 1. The molecule has 4 nitrogen and oxygen atoms in total. The van der Waals surface area contributed by atoms with Crippen LogP contribution in [0, 0.1) is 5.92 Å². The van der Waals surface area contributed by atoms with Crippen molar-refractivity contribution in [2.24, 2.45) is 5.92 Å². The molecule has 0 spiro atoms. The van der Waals surface area contributed by atoms with E-state index in [2.05, 4.69) is 51.0 Å². The number of hydrogen-bond acceptors (Lipinski definition) is 3. The van der Waals surface area contributed by atoms with E-state index >= 15 is 0 Å². The molecular weight excluding hydrogens is 274 g/mol. The van der Waals surface area contributed by atoms with Crippen LogP contribution in [0.15, 0.2) is 42.7 Å². The second-order valence-electron chi connectivity index (χ2n) is 6.41. The van der Waals surface area contributed by atoms with Crippen molar-refractivity contribution < 1.29 is 4.74 Å². The number of rotatable bonds is 3. The van der Waals surface area contributed by atoms with Crippen molar-refractivity contribution in [2.75, 3.05) is 19.8 Å². The Kier molecular flexibility index (Phi) is 3.95. The van der Waals surface area contributed by atoms with Gasteiger partial charge in [0.25, 0.3) is 0 Å². The van der Waals surface area contributed by atoms with Gasteiger partial charge in [0.1, 0.15) is 5.82 Å². The molecule has 1 aromatic heterocycles. The molecule has 3 heterocycles. The van der Waals surface area contributed by atoms with E-state index in [1.807, 2.05) is 6.20 Å². The summed E-state index contributed by atoms with van der Waals surface area (Å²) in [5.74, 6) is 1.95. The summed E-state index contributed by atoms with van der Waals surface area (Å²) in [7, 11) is 0. The number of benzene rings is 1. The Balaban J connectivity index is 1.58. The van der Waals surface area contributed by atoms with Gasteiger partial charge in [0.2, 0.25) is 0 Å². The summed E-state index contributed by atoms with van der Waals surface area (Å²) in [6.45, 7) is 4.94. The van der Waals surface area contributed by atoms with Gasteiger partial charge in [-0.1, -0.05) is 30.3 Å². The van der Waals surface area contributed by atoms with E-state index < -0.39 is 0 Å². The summed E-state index contributed by atoms with van der Waals surface area (Å²) in [6, 6.07) is 11.3. The number of ether oxygens (including phenoxy) is 1. The predicted molar refractivity (Wildman–Crippen MR) is 85.4 cm³/mol. The molecule has 22 heavy (non-hydrogen) atoms. The van der Waals surface area contributed by atoms with Gasteiger partial charge < -0.3 is 9.30 Å². The molecule has 1 fully saturated rings. The van der Waals surface area contributed by atoms with Crippen molar-refractivity contribution >= 4 is 0 Å². The lowest BCUT2D eigenvalue weighted by molar-refractivity contribution is 0.0351. The molecule has 1 atom stereocenters. The SMILES string of the molecule is c1ccc([C@@H]2Cn3ccnc3CN2CC2CCOCC2)cc1. The van der Waals surface area contributed by atoms with Gasteiger partial charge in [0.15, 0.2) is 0 Å². The fourth-order valence-electron chi connectivity index (χ4n) is 3.70. The lowest BCUT2D eigenvalue weighted by Gasteiger charge is -2.39. The highest BCUT2D eigenvalue weighted by Crippen LogP contribution is 2.31. The van der Waals surface area contributed by atoms with Crippen LogP contribution in [0.3, 0.4) is 0 Å². The molecule has 4 heteroatoms. The minimum Gasteiger partial charge on any atom is -0.381 e. The first kappa shape index (κ1) is 14.0. The first-order valence-corrected chi connectivity index (χ1v) is 8.27. The number of hydrogen-bond donors (Lipinski definition) is 0. The van der Waals surface area contributed by atoms with Gasteiger partial charge in [-0.05, 0) is 24.3 Å². The normalized spacial score (nSPS) is 23.4. The van der Waals surface area contributed by atoms with Gasteiger partial charge in [0.05, 0.1) is 12.6 Å². The Bertz CT molecular complexity index is 604. The molecule has 116 valence electrons. The number of nitrogens with zero attached hydrogens (tertiary/aromatic N) is 3. The topological polar surface area (TPSA) is 30.3 Å². The largest absolute Gasteiger partial charge is 0.381 e. The van der Waals surface area contributed by atoms with Gasteiger partial charge in [-0.25, -0.2) is 4.98 Å². The number of aromatic nitrogens is 2. The molecular formula is C18H23N3O. The van der Waals surface area contributed by atoms with Crippen molar-refractivity contribution in [1.29, 1.82) is 0 Å². The first-order valence-electron chi connectivity index (χ1n) is 8.27. The molecule has 2 aliphatic rings. The summed E-state index contributed by atoms with van der Waals surface area (Å²) in [4.78, 5) is 7.14. The molecule has 4 rings (SSSR count). The summed E-state index contributed by atoms with van der Waals surface area (Å²) in [5, 5.41) is 0. The maximum absolute atomic E-state index is 5.51. The van der Waals surface area contributed by atoms with E-state index in [1.165, 1.54) is 24.2 Å². The Hall–Kier alpha value is -1.65. The van der Waals surface area contributed by atoms with Gasteiger partial charge in [0, 0.05) is 38.7 Å². The molecule has 0 saturated carbocycles. The average Bonchev–Trinajstić information content (AvgIpc) is 3.03. The van der Waals surface area contributed by atoms with Gasteiger partial charge in [-0.2, -0.15) is 0 Å². The highest BCUT2D eigenvalue weighted by molar-refractivity contribution is 5.20. The third-order valence-corrected chi connectivity index (χ3v) is 4.97. The second kappa shape index (κ2) is 6.23. The van der Waals surface area contributed by atoms with Crippen molar-refractivity contribution in [3.63, 3.8) is 0 Å². The molecule has 2 aromatic rings. The van der Waals surface area contributed by atoms with Crippen LogP contribution in [0.5, 0.6) is 0 Å². The van der Waals surface area contributed by atoms with E-state index in [-0.39, 0.29) is 0 Å². The maximum Gasteiger partial charge on any atom is 0.122 e. The Morgan fingerprint density at radius 3 is 2.77 bits per heavy atom. The molecule has 1 saturated heterocycles. The maximum atomic E-state index is 5.51. The van der Waals surface area contributed by atoms with Crippen LogP contribution in [-0.4, -0.2) is 34.2 Å². The summed E-state index contributed by atoms with van der Waals surface area (Å²) in [5.41, 5.74) is 1.41. The molecule has 0 bridgehead atoms. The molecule has 0 radical (unpaired) electrons. The van der Waals surface area contributed by atoms with Gasteiger partial charge in [-0.15, -0.1) is 0 Å². The lowest BCUT2D eigenvalue weighted by atomic mass is 9.96. The van der Waals surface area contributed by atoms with Crippen molar-refractivity contribution in [3.8, 4) is 0 Å². The van der Waals surface area contributed by atoms with Crippen LogP contribution in [0.1, 0.15) is 30.3 Å². The third-order valence-electron chi connectivity index (χ3n) is 4.97. The van der Waals surface area contributed by atoms with Crippen molar-refractivity contribution in [2.45, 2.75) is 32.0 Å². The van der Waals surface area contributed by atoms with Crippen LogP contribution >= 0.6 is 0 Å². The Morgan fingerprint density at radius 1 is 1.14 bits per heavy atom. The third kappa shape index (κ3) is 2.81. The number of fused-ring (bicyclic) bond motifs is 1. The van der Waals surface area contributed by atoms with Crippen LogP contribution < -0.4 is 0 Å². The van der Waals surface area contributed by atoms with E-state index in [0.717, 1.165) is 38.8 Å². The Labute approximate surface area is 131 Å². The molecule has 2 aliphatic heterocycles. The molecule has 1 aromatic carbocycles. The van der Waals surface area contributed by atoms with Crippen molar-refractivity contribution in [3.05, 3.63) is 54.1 Å². The zero-order chi connectivity index (χ0) is 14.8. The van der Waals surface area contributed by atoms with Crippen LogP contribution in [0.2, 0.25) is 0 Å². The lowest BCUT2D eigenvalue weighted by Crippen LogP contribution is -2.40. The predicted octanol–water partition coefficient (Wildman–Crippen LogP) is 2.87. The second-order valence-corrected chi connectivity index (χ2v) is 6.41. The standard InChI is InChI=1S/C18H23N3O/c1-2-4-16(5-3-1)17-13-20-9-8-19-18(20)14-21(17)12-15-6-10-22-11-7-15/h1-5,8-9,15,17H,6-7,10-14H2/t17-/m0/s1. The smallest absolute Gasteiger partial charge is 0.122 e. The zero-order valence-electron chi connectivity index (χ0n) is 12.9. The fourth-order valence-corrected chi connectivity index (χ4v) is 3.70. The molecule has 0 aliphatic carbocycles. The monoisotopic (exact) mass is 297 g/mol. The Morgan fingerprint density at radius 2 is 1.95 bits per heavy atom. The van der Waals surface area contributed by atoms with Crippen LogP contribution in [-0.2, 0) is 17.8 Å². The van der Waals surface area contributed by atoms with Crippen LogP contribution in [0.4, 0.5) is 0 Å². The van der Waals surface area contributed by atoms with Crippen molar-refractivity contribution in [1.82, 2.24) is 14.5 Å². The fraction of sp³-hybridized carbons (Fsp3) is 0.500. The summed E-state index contributed by atoms with van der Waals surface area (Å²) in [6.07, 6.45) is 6.41. The van der Waals surface area contributed by atoms with Gasteiger partial charge in [-0.3, -0.25) is 4.90 Å². The average molecular weight is 297 g/mol. The molecule has 0 amide bonds. The zero-order valence-corrected chi connectivity index (χ0v) is 12.9. The highest BCUT2D eigenvalue weighted by Gasteiger charge is 2.30.